The van der Waals surface area contributed by atoms with Gasteiger partial charge in [-0.1, -0.05) is 91.0 Å². The van der Waals surface area contributed by atoms with E-state index in [-0.39, 0.29) is 5.91 Å². The lowest BCUT2D eigenvalue weighted by molar-refractivity contribution is -0.144. The molecule has 36 heavy (non-hydrogen) atoms. The predicted octanol–water partition coefficient (Wildman–Crippen LogP) is 5.52. The van der Waals surface area contributed by atoms with Gasteiger partial charge in [0.25, 0.3) is 5.91 Å². The number of aryl methyl sites for hydroxylation is 1. The minimum Gasteiger partial charge on any atom is -0.355 e. The average Bonchev–Trinajstić information content (AvgIpc) is 3.43. The number of amides is 1. The van der Waals surface area contributed by atoms with Crippen molar-refractivity contribution in [2.75, 3.05) is 11.9 Å². The molecule has 0 fully saturated rings. The van der Waals surface area contributed by atoms with Gasteiger partial charge in [-0.25, -0.2) is 0 Å². The second-order valence-electron chi connectivity index (χ2n) is 9.62. The van der Waals surface area contributed by atoms with E-state index in [1.54, 1.807) is 4.90 Å². The van der Waals surface area contributed by atoms with Gasteiger partial charge < -0.3 is 9.88 Å². The standard InChI is InChI=1S/C31H25N3O2/c1-20-12-11-18-24-26(20)27-28(32-24)31(21-13-5-3-6-14-21,22-15-7-4-8-16-22)36-33-30(27)23-17-9-10-19-25(23)34(2)29(30)35/h3-19,32-33H,1-2H3/t30-/m0/s1. The number of aromatic nitrogens is 1. The van der Waals surface area contributed by atoms with Crippen LogP contribution in [0.2, 0.25) is 0 Å². The number of nitrogens with one attached hydrogen (secondary N) is 2. The first-order valence-corrected chi connectivity index (χ1v) is 12.1. The zero-order chi connectivity index (χ0) is 24.5. The Labute approximate surface area is 209 Å². The molecule has 0 bridgehead atoms. The van der Waals surface area contributed by atoms with Crippen LogP contribution in [-0.4, -0.2) is 17.9 Å². The van der Waals surface area contributed by atoms with Crippen molar-refractivity contribution in [1.29, 1.82) is 0 Å². The van der Waals surface area contributed by atoms with Gasteiger partial charge in [-0.15, -0.1) is 0 Å². The molecular weight excluding hydrogens is 446 g/mol. The maximum atomic E-state index is 14.2. The minimum atomic E-state index is -1.18. The number of carbonyl (C=O) groups excluding carboxylic acids is 1. The first-order chi connectivity index (χ1) is 17.6. The summed E-state index contributed by atoms with van der Waals surface area (Å²) in [5.41, 5.74) is 8.74. The molecule has 2 N–H and O–H groups in total. The van der Waals surface area contributed by atoms with Crippen molar-refractivity contribution in [1.82, 2.24) is 10.5 Å². The number of benzene rings is 4. The number of aromatic amines is 1. The average molecular weight is 472 g/mol. The van der Waals surface area contributed by atoms with Crippen molar-refractivity contribution < 1.29 is 9.63 Å². The van der Waals surface area contributed by atoms with Gasteiger partial charge in [0.05, 0.1) is 5.69 Å². The van der Waals surface area contributed by atoms with Gasteiger partial charge in [-0.2, -0.15) is 5.48 Å². The quantitative estimate of drug-likeness (QED) is 0.356. The molecule has 0 saturated heterocycles. The third-order valence-electron chi connectivity index (χ3n) is 7.77. The van der Waals surface area contributed by atoms with Gasteiger partial charge in [-0.05, 0) is 35.7 Å². The summed E-state index contributed by atoms with van der Waals surface area (Å²) in [7, 11) is 1.83. The van der Waals surface area contributed by atoms with Crippen LogP contribution in [-0.2, 0) is 20.8 Å². The summed E-state index contributed by atoms with van der Waals surface area (Å²) < 4.78 is 0. The van der Waals surface area contributed by atoms with Gasteiger partial charge in [-0.3, -0.25) is 9.63 Å². The number of hydrogen-bond donors (Lipinski definition) is 2. The lowest BCUT2D eigenvalue weighted by atomic mass is 9.73. The maximum absolute atomic E-state index is 14.2. The highest BCUT2D eigenvalue weighted by molar-refractivity contribution is 6.12. The Morgan fingerprint density at radius 3 is 2.11 bits per heavy atom. The summed E-state index contributed by atoms with van der Waals surface area (Å²) in [6.45, 7) is 2.10. The maximum Gasteiger partial charge on any atom is 0.258 e. The Hall–Kier alpha value is -4.19. The highest BCUT2D eigenvalue weighted by Gasteiger charge is 2.61. The van der Waals surface area contributed by atoms with Crippen LogP contribution < -0.4 is 10.4 Å². The van der Waals surface area contributed by atoms with Crippen molar-refractivity contribution in [2.24, 2.45) is 0 Å². The molecule has 2 aliphatic heterocycles. The van der Waals surface area contributed by atoms with E-state index in [0.717, 1.165) is 50.1 Å². The Morgan fingerprint density at radius 1 is 0.778 bits per heavy atom. The number of H-pyrrole nitrogens is 1. The number of hydroxylamine groups is 1. The topological polar surface area (TPSA) is 57.4 Å². The van der Waals surface area contributed by atoms with Crippen LogP contribution in [0, 0.1) is 6.92 Å². The number of para-hydroxylation sites is 1. The summed E-state index contributed by atoms with van der Waals surface area (Å²) in [5.74, 6) is -0.0659. The molecule has 4 aromatic carbocycles. The van der Waals surface area contributed by atoms with Gasteiger partial charge in [0.15, 0.2) is 11.1 Å². The Balaban J connectivity index is 1.66. The number of hydrogen-bond acceptors (Lipinski definition) is 3. The second-order valence-corrected chi connectivity index (χ2v) is 9.62. The van der Waals surface area contributed by atoms with E-state index < -0.39 is 11.1 Å². The van der Waals surface area contributed by atoms with E-state index in [4.69, 9.17) is 4.84 Å². The van der Waals surface area contributed by atoms with Crippen molar-refractivity contribution in [3.8, 4) is 0 Å². The number of fused-ring (bicyclic) bond motifs is 6. The van der Waals surface area contributed by atoms with Crippen LogP contribution in [0.25, 0.3) is 10.9 Å². The molecule has 0 saturated carbocycles. The van der Waals surface area contributed by atoms with E-state index in [9.17, 15) is 4.79 Å². The molecule has 7 rings (SSSR count). The Morgan fingerprint density at radius 2 is 1.42 bits per heavy atom. The molecule has 1 aromatic heterocycles. The number of nitrogens with zero attached hydrogens (tertiary/aromatic N) is 1. The van der Waals surface area contributed by atoms with Gasteiger partial charge in [0.1, 0.15) is 0 Å². The molecule has 1 spiro atoms. The van der Waals surface area contributed by atoms with Crippen LogP contribution in [0.15, 0.2) is 103 Å². The number of carbonyl (C=O) groups is 1. The summed E-state index contributed by atoms with van der Waals surface area (Å²) in [4.78, 5) is 26.5. The van der Waals surface area contributed by atoms with E-state index >= 15 is 0 Å². The second kappa shape index (κ2) is 7.40. The molecule has 2 aliphatic rings. The van der Waals surface area contributed by atoms with Gasteiger partial charge in [0.2, 0.25) is 0 Å². The Kier molecular flexibility index (Phi) is 4.34. The summed E-state index contributed by atoms with van der Waals surface area (Å²) >= 11 is 0. The lowest BCUT2D eigenvalue weighted by Crippen LogP contribution is -2.59. The summed E-state index contributed by atoms with van der Waals surface area (Å²) in [5, 5.41) is 1.04. The number of anilines is 1. The van der Waals surface area contributed by atoms with E-state index in [1.807, 2.05) is 73.8 Å². The molecule has 0 unspecified atom stereocenters. The zero-order valence-corrected chi connectivity index (χ0v) is 20.1. The van der Waals surface area contributed by atoms with E-state index in [0.29, 0.717) is 0 Å². The largest absolute Gasteiger partial charge is 0.355 e. The van der Waals surface area contributed by atoms with Gasteiger partial charge in [0, 0.05) is 34.8 Å². The molecule has 5 nitrogen and oxygen atoms in total. The number of rotatable bonds is 2. The molecular formula is C31H25N3O2. The molecule has 5 heteroatoms. The molecule has 1 atom stereocenters. The SMILES string of the molecule is Cc1cccc2[nH]c3c(c12)[C@]1(NOC3(c2ccccc2)c2ccccc2)C(=O)N(C)c2ccccc21. The van der Waals surface area contributed by atoms with Crippen LogP contribution in [0.5, 0.6) is 0 Å². The fourth-order valence-electron chi connectivity index (χ4n) is 6.14. The smallest absolute Gasteiger partial charge is 0.258 e. The fourth-order valence-corrected chi connectivity index (χ4v) is 6.14. The third-order valence-corrected chi connectivity index (χ3v) is 7.77. The van der Waals surface area contributed by atoms with E-state index in [2.05, 4.69) is 53.8 Å². The first kappa shape index (κ1) is 21.1. The van der Waals surface area contributed by atoms with Crippen LogP contribution in [0.3, 0.4) is 0 Å². The highest BCUT2D eigenvalue weighted by atomic mass is 16.7. The fraction of sp³-hybridized carbons (Fsp3) is 0.129. The third kappa shape index (κ3) is 2.48. The van der Waals surface area contributed by atoms with Crippen LogP contribution >= 0.6 is 0 Å². The summed E-state index contributed by atoms with van der Waals surface area (Å²) in [6.07, 6.45) is 0. The first-order valence-electron chi connectivity index (χ1n) is 12.1. The zero-order valence-electron chi connectivity index (χ0n) is 20.1. The van der Waals surface area contributed by atoms with E-state index in [1.165, 1.54) is 0 Å². The normalized spacial score (nSPS) is 20.1. The van der Waals surface area contributed by atoms with Crippen LogP contribution in [0.1, 0.15) is 33.5 Å². The van der Waals surface area contributed by atoms with Crippen LogP contribution in [0.4, 0.5) is 5.69 Å². The number of likely N-dealkylation sites (N-methyl/N-ethyl adjacent to an activating group) is 1. The molecule has 1 amide bonds. The Bertz CT molecular complexity index is 1600. The van der Waals surface area contributed by atoms with Crippen molar-refractivity contribution in [2.45, 2.75) is 18.1 Å². The molecule has 0 radical (unpaired) electrons. The van der Waals surface area contributed by atoms with Crippen molar-refractivity contribution >= 4 is 22.5 Å². The lowest BCUT2D eigenvalue weighted by Gasteiger charge is -2.45. The molecule has 5 aromatic rings. The van der Waals surface area contributed by atoms with Crippen molar-refractivity contribution in [3.05, 3.63) is 137 Å². The van der Waals surface area contributed by atoms with Gasteiger partial charge >= 0.3 is 0 Å². The molecule has 3 heterocycles. The highest BCUT2D eigenvalue weighted by Crippen LogP contribution is 2.55. The molecule has 176 valence electrons. The van der Waals surface area contributed by atoms with Crippen molar-refractivity contribution in [3.63, 3.8) is 0 Å². The summed E-state index contributed by atoms with van der Waals surface area (Å²) in [6, 6.07) is 34.5. The predicted molar refractivity (Wildman–Crippen MR) is 141 cm³/mol. The minimum absolute atomic E-state index is 0.0659. The molecule has 0 aliphatic carbocycles. The monoisotopic (exact) mass is 471 g/mol.